The Morgan fingerprint density at radius 2 is 1.18 bits per heavy atom. The lowest BCUT2D eigenvalue weighted by atomic mass is 10.1. The first-order valence-corrected chi connectivity index (χ1v) is 12.3. The molecule has 4 rings (SSSR count). The van der Waals surface area contributed by atoms with Gasteiger partial charge in [0.05, 0.1) is 49.9 Å². The van der Waals surface area contributed by atoms with Crippen molar-refractivity contribution in [2.75, 3.05) is 13.2 Å². The zero-order chi connectivity index (χ0) is 29.6. The molecular weight excluding hydrogens is 546 g/mol. The molecule has 0 radical (unpaired) electrons. The van der Waals surface area contributed by atoms with Crippen LogP contribution in [0.3, 0.4) is 0 Å². The third kappa shape index (κ3) is 4.99. The molecule has 0 aliphatic carbocycles. The summed E-state index contributed by atoms with van der Waals surface area (Å²) in [6.45, 7) is 0.869. The standard InChI is InChI=1S/C23H28F2N4O11/c1-9(28-20(35)11(24)5-26(22(28)37)17-3-13(32)15(7-30)39-17)19(34)10(2)29-21(36)12(25)6-27(23(29)38)18-4-14(33)16(8-31)40-18/h5-6,9-10,13-18,30-33H,3-4,7-8H2,1-2H3/t9?,10?,13-,14-,15+,16+,17+,18+/m0/s1. The Kier molecular flexibility index (Phi) is 8.34. The number of nitrogens with zero attached hydrogens (tertiary/aromatic N) is 4. The number of aliphatic hydroxyl groups is 4. The molecule has 0 amide bonds. The van der Waals surface area contributed by atoms with Crippen molar-refractivity contribution < 1.29 is 43.5 Å². The van der Waals surface area contributed by atoms with Gasteiger partial charge in [-0.15, -0.1) is 0 Å². The molecule has 4 N–H and O–H groups in total. The molecule has 0 saturated carbocycles. The Hall–Kier alpha value is -3.35. The van der Waals surface area contributed by atoms with Crippen molar-refractivity contribution in [3.63, 3.8) is 0 Å². The predicted molar refractivity (Wildman–Crippen MR) is 128 cm³/mol. The average molecular weight is 574 g/mol. The van der Waals surface area contributed by atoms with Gasteiger partial charge in [-0.1, -0.05) is 0 Å². The van der Waals surface area contributed by atoms with E-state index in [9.17, 15) is 53.2 Å². The van der Waals surface area contributed by atoms with E-state index in [4.69, 9.17) is 9.47 Å². The lowest BCUT2D eigenvalue weighted by Crippen LogP contribution is -2.49. The fourth-order valence-corrected chi connectivity index (χ4v) is 4.92. The second-order valence-corrected chi connectivity index (χ2v) is 9.67. The molecule has 220 valence electrons. The van der Waals surface area contributed by atoms with Gasteiger partial charge in [0.15, 0.2) is 5.78 Å². The SMILES string of the molecule is CC(C(=O)C(C)n1c(=O)c(F)cn([C@H]2C[C@H](O)[C@@H](CO)O2)c1=O)n1c(=O)c(F)cn([C@H]2C[C@H](O)[C@@H](CO)O2)c1=O. The van der Waals surface area contributed by atoms with E-state index in [2.05, 4.69) is 0 Å². The molecular formula is C23H28F2N4O11. The number of ether oxygens (including phenoxy) is 2. The molecule has 2 aliphatic rings. The Morgan fingerprint density at radius 1 is 0.825 bits per heavy atom. The normalized spacial score (nSPS) is 28.1. The fraction of sp³-hybridized carbons (Fsp3) is 0.609. The van der Waals surface area contributed by atoms with Gasteiger partial charge in [-0.25, -0.2) is 18.7 Å². The molecule has 2 aromatic heterocycles. The Balaban J connectivity index is 1.72. The molecule has 2 saturated heterocycles. The van der Waals surface area contributed by atoms with Gasteiger partial charge in [0.25, 0.3) is 11.1 Å². The molecule has 17 heteroatoms. The summed E-state index contributed by atoms with van der Waals surface area (Å²) in [5.41, 5.74) is -5.44. The minimum absolute atomic E-state index is 0.237. The highest BCUT2D eigenvalue weighted by atomic mass is 19.1. The van der Waals surface area contributed by atoms with Crippen molar-refractivity contribution in [3.8, 4) is 0 Å². The van der Waals surface area contributed by atoms with Crippen molar-refractivity contribution in [3.05, 3.63) is 65.7 Å². The number of halogens is 2. The van der Waals surface area contributed by atoms with E-state index in [0.29, 0.717) is 21.5 Å². The van der Waals surface area contributed by atoms with E-state index < -0.39 is 102 Å². The summed E-state index contributed by atoms with van der Waals surface area (Å²) >= 11 is 0. The van der Waals surface area contributed by atoms with Crippen LogP contribution in [0, 0.1) is 11.6 Å². The highest BCUT2D eigenvalue weighted by molar-refractivity contribution is 5.85. The summed E-state index contributed by atoms with van der Waals surface area (Å²) < 4.78 is 41.7. The highest BCUT2D eigenvalue weighted by Gasteiger charge is 2.38. The largest absolute Gasteiger partial charge is 0.394 e. The van der Waals surface area contributed by atoms with Crippen LogP contribution in [0.1, 0.15) is 51.2 Å². The number of rotatable bonds is 8. The maximum absolute atomic E-state index is 14.6. The van der Waals surface area contributed by atoms with Crippen LogP contribution in [0.4, 0.5) is 8.78 Å². The van der Waals surface area contributed by atoms with Crippen LogP contribution in [0.25, 0.3) is 0 Å². The molecule has 2 unspecified atom stereocenters. The number of aliphatic hydroxyl groups excluding tert-OH is 4. The van der Waals surface area contributed by atoms with Gasteiger partial charge in [-0.2, -0.15) is 8.78 Å². The smallest absolute Gasteiger partial charge is 0.333 e. The van der Waals surface area contributed by atoms with E-state index in [0.717, 1.165) is 13.8 Å². The van der Waals surface area contributed by atoms with Gasteiger partial charge < -0.3 is 29.9 Å². The van der Waals surface area contributed by atoms with Crippen molar-refractivity contribution in [1.29, 1.82) is 0 Å². The zero-order valence-corrected chi connectivity index (χ0v) is 21.3. The lowest BCUT2D eigenvalue weighted by Gasteiger charge is -2.23. The van der Waals surface area contributed by atoms with Gasteiger partial charge in [0, 0.05) is 12.8 Å². The highest BCUT2D eigenvalue weighted by Crippen LogP contribution is 2.28. The summed E-state index contributed by atoms with van der Waals surface area (Å²) in [7, 11) is 0. The summed E-state index contributed by atoms with van der Waals surface area (Å²) in [5, 5.41) is 38.5. The molecule has 40 heavy (non-hydrogen) atoms. The van der Waals surface area contributed by atoms with Crippen LogP contribution >= 0.6 is 0 Å². The molecule has 0 bridgehead atoms. The quantitative estimate of drug-likeness (QED) is 0.255. The Labute approximate surface area is 222 Å². The Bertz CT molecular complexity index is 1420. The first kappa shape index (κ1) is 29.6. The molecule has 15 nitrogen and oxygen atoms in total. The van der Waals surface area contributed by atoms with Crippen molar-refractivity contribution >= 4 is 5.78 Å². The summed E-state index contributed by atoms with van der Waals surface area (Å²) in [6, 6.07) is -3.55. The number of hydrogen-bond donors (Lipinski definition) is 4. The van der Waals surface area contributed by atoms with E-state index in [1.54, 1.807) is 0 Å². The van der Waals surface area contributed by atoms with Gasteiger partial charge in [0.1, 0.15) is 24.7 Å². The maximum Gasteiger partial charge on any atom is 0.333 e. The molecule has 8 atom stereocenters. The number of carbonyl (C=O) groups excluding carboxylic acids is 1. The minimum atomic E-state index is -1.77. The van der Waals surface area contributed by atoms with Crippen LogP contribution < -0.4 is 22.5 Å². The summed E-state index contributed by atoms with van der Waals surface area (Å²) in [5.74, 6) is -4.04. The molecule has 2 aliphatic heterocycles. The fourth-order valence-electron chi connectivity index (χ4n) is 4.92. The number of ketones is 1. The van der Waals surface area contributed by atoms with Crippen LogP contribution in [0.15, 0.2) is 31.6 Å². The third-order valence-corrected chi connectivity index (χ3v) is 7.19. The lowest BCUT2D eigenvalue weighted by molar-refractivity contribution is -0.125. The minimum Gasteiger partial charge on any atom is -0.394 e. The van der Waals surface area contributed by atoms with Crippen molar-refractivity contribution in [2.24, 2.45) is 0 Å². The van der Waals surface area contributed by atoms with Gasteiger partial charge >= 0.3 is 11.4 Å². The number of carbonyl (C=O) groups is 1. The van der Waals surface area contributed by atoms with Crippen LogP contribution in [0.2, 0.25) is 0 Å². The van der Waals surface area contributed by atoms with Crippen molar-refractivity contribution in [2.45, 2.75) is 75.6 Å². The molecule has 4 heterocycles. The molecule has 0 aromatic carbocycles. The zero-order valence-electron chi connectivity index (χ0n) is 21.3. The number of hydrogen-bond acceptors (Lipinski definition) is 11. The van der Waals surface area contributed by atoms with Crippen LogP contribution in [0.5, 0.6) is 0 Å². The predicted octanol–water partition coefficient (Wildman–Crippen LogP) is -2.72. The topological polar surface area (TPSA) is 204 Å². The molecule has 2 fully saturated rings. The Morgan fingerprint density at radius 3 is 1.48 bits per heavy atom. The van der Waals surface area contributed by atoms with Gasteiger partial charge in [-0.05, 0) is 13.8 Å². The van der Waals surface area contributed by atoms with E-state index >= 15 is 0 Å². The maximum atomic E-state index is 14.6. The molecule has 0 spiro atoms. The summed E-state index contributed by atoms with van der Waals surface area (Å²) in [4.78, 5) is 64.9. The first-order chi connectivity index (χ1) is 18.8. The number of aromatic nitrogens is 4. The van der Waals surface area contributed by atoms with Gasteiger partial charge in [0.2, 0.25) is 11.6 Å². The third-order valence-electron chi connectivity index (χ3n) is 7.19. The van der Waals surface area contributed by atoms with E-state index in [1.807, 2.05) is 0 Å². The average Bonchev–Trinajstić information content (AvgIpc) is 3.49. The number of Topliss-reactive ketones (excluding diaryl/α,β-unsaturated/α-hetero) is 1. The first-order valence-electron chi connectivity index (χ1n) is 12.3. The molecule has 2 aromatic rings. The van der Waals surface area contributed by atoms with Crippen LogP contribution in [-0.2, 0) is 14.3 Å². The van der Waals surface area contributed by atoms with E-state index in [1.165, 1.54) is 0 Å². The van der Waals surface area contributed by atoms with E-state index in [-0.39, 0.29) is 22.0 Å². The summed E-state index contributed by atoms with van der Waals surface area (Å²) in [6.07, 6.45) is -6.57. The van der Waals surface area contributed by atoms with Gasteiger partial charge in [-0.3, -0.25) is 23.5 Å². The van der Waals surface area contributed by atoms with Crippen molar-refractivity contribution in [1.82, 2.24) is 18.3 Å². The van der Waals surface area contributed by atoms with Crippen LogP contribution in [-0.4, -0.2) is 82.1 Å². The monoisotopic (exact) mass is 574 g/mol. The second-order valence-electron chi connectivity index (χ2n) is 9.67. The second kappa shape index (κ2) is 11.3.